The monoisotopic (exact) mass is 398 g/mol. The normalized spacial score (nSPS) is 12.0. The molecule has 1 aromatic heterocycles. The quantitative estimate of drug-likeness (QED) is 0.601. The van der Waals surface area contributed by atoms with E-state index >= 15 is 0 Å². The largest absolute Gasteiger partial charge is 0.457 e. The molecule has 1 atom stereocenters. The van der Waals surface area contributed by atoms with Gasteiger partial charge in [-0.1, -0.05) is 56.3 Å². The van der Waals surface area contributed by atoms with Gasteiger partial charge in [-0.2, -0.15) is 0 Å². The van der Waals surface area contributed by atoms with E-state index in [0.29, 0.717) is 5.01 Å². The Bertz CT molecular complexity index is 907. The maximum Gasteiger partial charge on any atom is 0.408 e. The van der Waals surface area contributed by atoms with Gasteiger partial charge in [0.2, 0.25) is 0 Å². The highest BCUT2D eigenvalue weighted by atomic mass is 32.1. The van der Waals surface area contributed by atoms with Crippen molar-refractivity contribution in [3.8, 4) is 0 Å². The minimum atomic E-state index is -0.794. The van der Waals surface area contributed by atoms with Crippen LogP contribution in [0.1, 0.15) is 24.4 Å². The molecule has 2 aromatic carbocycles. The van der Waals surface area contributed by atoms with E-state index in [2.05, 4.69) is 10.3 Å². The summed E-state index contributed by atoms with van der Waals surface area (Å²) in [4.78, 5) is 29.0. The Hall–Kier alpha value is -2.93. The number of ether oxygens (including phenoxy) is 2. The fourth-order valence-corrected chi connectivity index (χ4v) is 3.47. The number of esters is 1. The molecular weight excluding hydrogens is 376 g/mol. The summed E-state index contributed by atoms with van der Waals surface area (Å²) in [5.41, 5.74) is 1.75. The zero-order chi connectivity index (χ0) is 19.9. The van der Waals surface area contributed by atoms with Crippen LogP contribution in [0, 0.1) is 5.92 Å². The minimum absolute atomic E-state index is 0.0716. The Morgan fingerprint density at radius 1 is 1.00 bits per heavy atom. The fraction of sp³-hybridized carbons (Fsp3) is 0.286. The third kappa shape index (κ3) is 5.29. The van der Waals surface area contributed by atoms with Gasteiger partial charge in [0.25, 0.3) is 0 Å². The lowest BCUT2D eigenvalue weighted by Gasteiger charge is -2.20. The number of fused-ring (bicyclic) bond motifs is 1. The molecule has 0 radical (unpaired) electrons. The van der Waals surface area contributed by atoms with E-state index in [1.165, 1.54) is 11.3 Å². The molecule has 0 aliphatic heterocycles. The molecule has 7 heteroatoms. The number of amides is 1. The van der Waals surface area contributed by atoms with Crippen LogP contribution in [0.3, 0.4) is 0 Å². The number of carbonyl (C=O) groups is 2. The van der Waals surface area contributed by atoms with E-state index in [4.69, 9.17) is 9.47 Å². The van der Waals surface area contributed by atoms with Crippen LogP contribution in [0.2, 0.25) is 0 Å². The topological polar surface area (TPSA) is 77.5 Å². The average molecular weight is 398 g/mol. The first-order valence-electron chi connectivity index (χ1n) is 9.01. The molecule has 0 aliphatic rings. The van der Waals surface area contributed by atoms with Crippen molar-refractivity contribution in [2.24, 2.45) is 5.92 Å². The number of nitrogens with zero attached hydrogens (tertiary/aromatic N) is 1. The van der Waals surface area contributed by atoms with Crippen molar-refractivity contribution in [1.29, 1.82) is 0 Å². The summed E-state index contributed by atoms with van der Waals surface area (Å²) in [5.74, 6) is -0.655. The molecule has 6 nitrogen and oxygen atoms in total. The fourth-order valence-electron chi connectivity index (χ4n) is 2.59. The van der Waals surface area contributed by atoms with Gasteiger partial charge >= 0.3 is 12.1 Å². The lowest BCUT2D eigenvalue weighted by atomic mass is 10.1. The summed E-state index contributed by atoms with van der Waals surface area (Å²) in [6.45, 7) is 3.88. The van der Waals surface area contributed by atoms with Gasteiger partial charge in [-0.3, -0.25) is 0 Å². The molecule has 0 fully saturated rings. The molecule has 0 bridgehead atoms. The molecule has 3 rings (SSSR count). The van der Waals surface area contributed by atoms with Crippen molar-refractivity contribution in [2.45, 2.75) is 33.1 Å². The molecule has 0 unspecified atom stereocenters. The number of thiazole rings is 1. The average Bonchev–Trinajstić information content (AvgIpc) is 3.12. The van der Waals surface area contributed by atoms with Crippen molar-refractivity contribution in [1.82, 2.24) is 10.3 Å². The Kier molecular flexibility index (Phi) is 6.60. The van der Waals surface area contributed by atoms with E-state index in [1.54, 1.807) is 0 Å². The van der Waals surface area contributed by atoms with Gasteiger partial charge in [0, 0.05) is 0 Å². The Morgan fingerprint density at radius 3 is 2.43 bits per heavy atom. The third-order valence-electron chi connectivity index (χ3n) is 4.08. The number of carbonyl (C=O) groups excluding carboxylic acids is 2. The van der Waals surface area contributed by atoms with Gasteiger partial charge in [-0.25, -0.2) is 14.6 Å². The maximum absolute atomic E-state index is 12.5. The summed E-state index contributed by atoms with van der Waals surface area (Å²) in [5, 5.41) is 3.31. The molecule has 0 spiro atoms. The third-order valence-corrected chi connectivity index (χ3v) is 5.09. The van der Waals surface area contributed by atoms with Gasteiger partial charge in [-0.15, -0.1) is 11.3 Å². The zero-order valence-electron chi connectivity index (χ0n) is 15.8. The molecule has 0 aliphatic carbocycles. The number of hydrogen-bond acceptors (Lipinski definition) is 6. The minimum Gasteiger partial charge on any atom is -0.457 e. The van der Waals surface area contributed by atoms with Gasteiger partial charge in [0.1, 0.15) is 24.3 Å². The van der Waals surface area contributed by atoms with E-state index in [0.717, 1.165) is 15.8 Å². The van der Waals surface area contributed by atoms with Gasteiger partial charge in [-0.05, 0) is 23.6 Å². The van der Waals surface area contributed by atoms with Crippen LogP contribution in [0.5, 0.6) is 0 Å². The summed E-state index contributed by atoms with van der Waals surface area (Å²) in [7, 11) is 0. The van der Waals surface area contributed by atoms with Gasteiger partial charge in [0.15, 0.2) is 0 Å². The highest BCUT2D eigenvalue weighted by Crippen LogP contribution is 2.22. The van der Waals surface area contributed by atoms with Crippen molar-refractivity contribution in [2.75, 3.05) is 0 Å². The molecule has 0 saturated carbocycles. The highest BCUT2D eigenvalue weighted by Gasteiger charge is 2.26. The number of hydrogen-bond donors (Lipinski definition) is 1. The first kappa shape index (κ1) is 19.8. The molecular formula is C21H22N2O4S. The van der Waals surface area contributed by atoms with Crippen LogP contribution in [-0.4, -0.2) is 23.1 Å². The second kappa shape index (κ2) is 9.32. The lowest BCUT2D eigenvalue weighted by molar-refractivity contribution is -0.148. The molecule has 1 heterocycles. The predicted molar refractivity (Wildman–Crippen MR) is 108 cm³/mol. The zero-order valence-corrected chi connectivity index (χ0v) is 16.6. The van der Waals surface area contributed by atoms with Crippen molar-refractivity contribution in [3.63, 3.8) is 0 Å². The summed E-state index contributed by atoms with van der Waals surface area (Å²) in [6.07, 6.45) is -0.653. The molecule has 146 valence electrons. The van der Waals surface area contributed by atoms with Crippen LogP contribution in [-0.2, 0) is 27.5 Å². The highest BCUT2D eigenvalue weighted by molar-refractivity contribution is 7.18. The van der Waals surface area contributed by atoms with Crippen molar-refractivity contribution in [3.05, 3.63) is 65.2 Å². The number of aromatic nitrogens is 1. The number of benzene rings is 2. The molecule has 0 saturated heterocycles. The summed E-state index contributed by atoms with van der Waals surface area (Å²) >= 11 is 1.48. The van der Waals surface area contributed by atoms with Crippen LogP contribution in [0.4, 0.5) is 4.79 Å². The SMILES string of the molecule is CC(C)[C@@H](NC(=O)OCc1ccccc1)C(=O)OCc1nc2ccccc2s1. The van der Waals surface area contributed by atoms with E-state index < -0.39 is 18.1 Å². The Morgan fingerprint density at radius 2 is 1.71 bits per heavy atom. The summed E-state index contributed by atoms with van der Waals surface area (Å²) < 4.78 is 11.6. The maximum atomic E-state index is 12.5. The van der Waals surface area contributed by atoms with Gasteiger partial charge < -0.3 is 14.8 Å². The van der Waals surface area contributed by atoms with Gasteiger partial charge in [0.05, 0.1) is 10.2 Å². The number of para-hydroxylation sites is 1. The van der Waals surface area contributed by atoms with E-state index in [9.17, 15) is 9.59 Å². The molecule has 1 amide bonds. The first-order valence-corrected chi connectivity index (χ1v) is 9.83. The Balaban J connectivity index is 1.53. The smallest absolute Gasteiger partial charge is 0.408 e. The molecule has 1 N–H and O–H groups in total. The van der Waals surface area contributed by atoms with Crippen LogP contribution >= 0.6 is 11.3 Å². The molecule has 3 aromatic rings. The van der Waals surface area contributed by atoms with Crippen LogP contribution in [0.15, 0.2) is 54.6 Å². The molecule has 28 heavy (non-hydrogen) atoms. The number of rotatable bonds is 7. The van der Waals surface area contributed by atoms with Crippen molar-refractivity contribution < 1.29 is 19.1 Å². The Labute approximate surface area is 167 Å². The van der Waals surface area contributed by atoms with E-state index in [-0.39, 0.29) is 19.1 Å². The number of nitrogens with one attached hydrogen (secondary N) is 1. The first-order chi connectivity index (χ1) is 13.5. The number of alkyl carbamates (subject to hydrolysis) is 1. The standard InChI is InChI=1S/C21H22N2O4S/c1-14(2)19(23-21(25)27-12-15-8-4-3-5-9-15)20(24)26-13-18-22-16-10-6-7-11-17(16)28-18/h3-11,14,19H,12-13H2,1-2H3,(H,23,25)/t19-/m1/s1. The van der Waals surface area contributed by atoms with Crippen LogP contribution < -0.4 is 5.32 Å². The second-order valence-electron chi connectivity index (χ2n) is 6.61. The second-order valence-corrected chi connectivity index (χ2v) is 7.73. The van der Waals surface area contributed by atoms with Crippen molar-refractivity contribution >= 4 is 33.6 Å². The van der Waals surface area contributed by atoms with Crippen LogP contribution in [0.25, 0.3) is 10.2 Å². The predicted octanol–water partition coefficient (Wildman–Crippen LogP) is 4.29. The van der Waals surface area contributed by atoms with E-state index in [1.807, 2.05) is 68.4 Å². The lowest BCUT2D eigenvalue weighted by Crippen LogP contribution is -2.45. The summed E-state index contributed by atoms with van der Waals surface area (Å²) in [6, 6.07) is 16.3.